The molecule has 0 bridgehead atoms. The molecule has 0 aromatic carbocycles. The third-order valence-corrected chi connectivity index (χ3v) is 5.39. The quantitative estimate of drug-likeness (QED) is 0.678. The fraction of sp³-hybridized carbons (Fsp3) is 1.00. The van der Waals surface area contributed by atoms with E-state index in [1.165, 1.54) is 19.3 Å². The molecule has 1 fully saturated rings. The Morgan fingerprint density at radius 1 is 1.35 bits per heavy atom. The van der Waals surface area contributed by atoms with Crippen LogP contribution < -0.4 is 5.32 Å². The molecule has 0 aromatic rings. The number of hydrogen-bond donors (Lipinski definition) is 3. The first kappa shape index (κ1) is 15.3. The smallest absolute Gasteiger partial charge is 0.0861 e. The molecule has 17 heavy (non-hydrogen) atoms. The Labute approximate surface area is 109 Å². The van der Waals surface area contributed by atoms with Crippen molar-refractivity contribution in [3.8, 4) is 0 Å². The van der Waals surface area contributed by atoms with E-state index >= 15 is 0 Å². The predicted molar refractivity (Wildman–Crippen MR) is 74.4 cm³/mol. The van der Waals surface area contributed by atoms with Crippen molar-refractivity contribution in [2.45, 2.75) is 50.5 Å². The van der Waals surface area contributed by atoms with Crippen molar-refractivity contribution in [2.75, 3.05) is 19.4 Å². The van der Waals surface area contributed by atoms with Crippen LogP contribution in [0.3, 0.4) is 0 Å². The van der Waals surface area contributed by atoms with Crippen molar-refractivity contribution in [1.29, 1.82) is 0 Å². The van der Waals surface area contributed by atoms with Gasteiger partial charge < -0.3 is 15.5 Å². The molecule has 0 spiro atoms. The van der Waals surface area contributed by atoms with Crippen molar-refractivity contribution in [3.63, 3.8) is 0 Å². The minimum absolute atomic E-state index is 0.127. The number of thioether (sulfide) groups is 1. The summed E-state index contributed by atoms with van der Waals surface area (Å²) < 4.78 is 0. The lowest BCUT2D eigenvalue weighted by Gasteiger charge is -2.37. The number of nitrogens with one attached hydrogen (secondary N) is 1. The first-order valence-corrected chi connectivity index (χ1v) is 7.71. The van der Waals surface area contributed by atoms with Crippen LogP contribution in [-0.2, 0) is 0 Å². The maximum absolute atomic E-state index is 9.43. The molecule has 0 amide bonds. The summed E-state index contributed by atoms with van der Waals surface area (Å²) in [6, 6.07) is 0.556. The van der Waals surface area contributed by atoms with E-state index in [0.29, 0.717) is 17.0 Å². The molecular weight excluding hydrogens is 234 g/mol. The van der Waals surface area contributed by atoms with Gasteiger partial charge in [-0.2, -0.15) is 11.8 Å². The summed E-state index contributed by atoms with van der Waals surface area (Å²) in [5.41, 5.74) is 0. The van der Waals surface area contributed by atoms with E-state index < -0.39 is 6.10 Å². The first-order valence-electron chi connectivity index (χ1n) is 6.66. The lowest BCUT2D eigenvalue weighted by atomic mass is 9.79. The number of aliphatic hydroxyl groups is 2. The minimum atomic E-state index is -0.572. The Bertz CT molecular complexity index is 214. The number of rotatable bonds is 6. The van der Waals surface area contributed by atoms with Gasteiger partial charge in [-0.05, 0) is 38.1 Å². The molecule has 0 aliphatic heterocycles. The largest absolute Gasteiger partial charge is 0.394 e. The lowest BCUT2D eigenvalue weighted by molar-refractivity contribution is 0.113. The van der Waals surface area contributed by atoms with Gasteiger partial charge in [0.2, 0.25) is 0 Å². The fourth-order valence-electron chi connectivity index (χ4n) is 2.57. The van der Waals surface area contributed by atoms with E-state index in [4.69, 9.17) is 5.11 Å². The number of hydrogen-bond acceptors (Lipinski definition) is 4. The van der Waals surface area contributed by atoms with E-state index in [-0.39, 0.29) is 6.61 Å². The van der Waals surface area contributed by atoms with Gasteiger partial charge in [-0.3, -0.25) is 0 Å². The van der Waals surface area contributed by atoms with Crippen molar-refractivity contribution in [3.05, 3.63) is 0 Å². The van der Waals surface area contributed by atoms with E-state index in [1.54, 1.807) is 0 Å². The van der Waals surface area contributed by atoms with Crippen LogP contribution in [0.2, 0.25) is 0 Å². The Balaban J connectivity index is 2.45. The standard InChI is InChI=1S/C13H27NO2S/c1-9(2)10-4-5-12(14-3)13(6-10)17-8-11(16)7-15/h9-16H,4-8H2,1-3H3. The van der Waals surface area contributed by atoms with E-state index in [1.807, 2.05) is 18.8 Å². The molecule has 4 heteroatoms. The van der Waals surface area contributed by atoms with Crippen LogP contribution in [-0.4, -0.2) is 47.0 Å². The van der Waals surface area contributed by atoms with Gasteiger partial charge in [0.05, 0.1) is 12.7 Å². The summed E-state index contributed by atoms with van der Waals surface area (Å²) in [6.45, 7) is 4.47. The Hall–Kier alpha value is 0.230. The highest BCUT2D eigenvalue weighted by Gasteiger charge is 2.31. The van der Waals surface area contributed by atoms with Gasteiger partial charge in [0.25, 0.3) is 0 Å². The minimum Gasteiger partial charge on any atom is -0.394 e. The Morgan fingerprint density at radius 3 is 2.59 bits per heavy atom. The maximum atomic E-state index is 9.43. The van der Waals surface area contributed by atoms with Gasteiger partial charge in [0.15, 0.2) is 0 Å². The van der Waals surface area contributed by atoms with Crippen LogP contribution >= 0.6 is 11.8 Å². The predicted octanol–water partition coefficient (Wildman–Crippen LogP) is 1.49. The summed E-state index contributed by atoms with van der Waals surface area (Å²) in [4.78, 5) is 0. The summed E-state index contributed by atoms with van der Waals surface area (Å²) in [5.74, 6) is 2.20. The Kier molecular flexibility index (Phi) is 6.85. The van der Waals surface area contributed by atoms with Gasteiger partial charge in [0, 0.05) is 17.0 Å². The van der Waals surface area contributed by atoms with E-state index in [9.17, 15) is 5.11 Å². The molecule has 0 aromatic heterocycles. The molecule has 3 N–H and O–H groups in total. The maximum Gasteiger partial charge on any atom is 0.0861 e. The van der Waals surface area contributed by atoms with Gasteiger partial charge in [-0.15, -0.1) is 0 Å². The highest BCUT2D eigenvalue weighted by molar-refractivity contribution is 8.00. The molecule has 4 unspecified atom stereocenters. The Morgan fingerprint density at radius 2 is 2.06 bits per heavy atom. The highest BCUT2D eigenvalue weighted by Crippen LogP contribution is 2.36. The van der Waals surface area contributed by atoms with Gasteiger partial charge in [0.1, 0.15) is 0 Å². The summed E-state index contributed by atoms with van der Waals surface area (Å²) in [7, 11) is 2.02. The zero-order valence-corrected chi connectivity index (χ0v) is 12.0. The molecule has 0 saturated heterocycles. The summed E-state index contributed by atoms with van der Waals surface area (Å²) >= 11 is 1.81. The normalized spacial score (nSPS) is 31.8. The molecule has 0 heterocycles. The van der Waals surface area contributed by atoms with Gasteiger partial charge in [-0.1, -0.05) is 13.8 Å². The summed E-state index contributed by atoms with van der Waals surface area (Å²) in [5, 5.41) is 22.2. The van der Waals surface area contributed by atoms with E-state index in [2.05, 4.69) is 19.2 Å². The fourth-order valence-corrected chi connectivity index (χ4v) is 4.03. The molecule has 102 valence electrons. The zero-order chi connectivity index (χ0) is 12.8. The second kappa shape index (κ2) is 7.62. The molecule has 3 nitrogen and oxygen atoms in total. The SMILES string of the molecule is CNC1CCC(C(C)C)CC1SCC(O)CO. The van der Waals surface area contributed by atoms with Crippen molar-refractivity contribution in [2.24, 2.45) is 11.8 Å². The third-order valence-electron chi connectivity index (χ3n) is 3.86. The monoisotopic (exact) mass is 261 g/mol. The first-order chi connectivity index (χ1) is 8.08. The molecule has 1 aliphatic rings. The van der Waals surface area contributed by atoms with Crippen molar-refractivity contribution in [1.82, 2.24) is 5.32 Å². The molecule has 4 atom stereocenters. The van der Waals surface area contributed by atoms with Crippen LogP contribution in [0.4, 0.5) is 0 Å². The second-order valence-corrected chi connectivity index (χ2v) is 6.69. The lowest BCUT2D eigenvalue weighted by Crippen LogP contribution is -2.42. The average Bonchev–Trinajstić information content (AvgIpc) is 2.35. The van der Waals surface area contributed by atoms with Crippen LogP contribution in [0.5, 0.6) is 0 Å². The molecule has 0 radical (unpaired) electrons. The van der Waals surface area contributed by atoms with Crippen LogP contribution in [0.15, 0.2) is 0 Å². The van der Waals surface area contributed by atoms with Gasteiger partial charge in [-0.25, -0.2) is 0 Å². The van der Waals surface area contributed by atoms with Crippen LogP contribution in [0, 0.1) is 11.8 Å². The molecular formula is C13H27NO2S. The van der Waals surface area contributed by atoms with Gasteiger partial charge >= 0.3 is 0 Å². The van der Waals surface area contributed by atoms with Crippen LogP contribution in [0.1, 0.15) is 33.1 Å². The van der Waals surface area contributed by atoms with E-state index in [0.717, 1.165) is 11.8 Å². The molecule has 1 aliphatic carbocycles. The highest BCUT2D eigenvalue weighted by atomic mass is 32.2. The zero-order valence-electron chi connectivity index (χ0n) is 11.2. The average molecular weight is 261 g/mol. The second-order valence-electron chi connectivity index (χ2n) is 5.42. The van der Waals surface area contributed by atoms with Crippen LogP contribution in [0.25, 0.3) is 0 Å². The van der Waals surface area contributed by atoms with Crippen molar-refractivity contribution < 1.29 is 10.2 Å². The molecule has 1 rings (SSSR count). The summed E-state index contributed by atoms with van der Waals surface area (Å²) in [6.07, 6.45) is 3.19. The third kappa shape index (κ3) is 4.78. The topological polar surface area (TPSA) is 52.5 Å². The molecule has 1 saturated carbocycles. The van der Waals surface area contributed by atoms with Crippen molar-refractivity contribution >= 4 is 11.8 Å². The number of aliphatic hydroxyl groups excluding tert-OH is 2.